The van der Waals surface area contributed by atoms with Crippen molar-refractivity contribution in [3.63, 3.8) is 0 Å². The Hall–Kier alpha value is -6.03. The van der Waals surface area contributed by atoms with Crippen molar-refractivity contribution >= 4 is 24.7 Å². The van der Waals surface area contributed by atoms with E-state index in [9.17, 15) is 0 Å². The summed E-state index contributed by atoms with van der Waals surface area (Å²) >= 11 is 0. The molecular weight excluding hydrogens is 817 g/mol. The van der Waals surface area contributed by atoms with E-state index < -0.39 is 24.7 Å². The number of rotatable bonds is 21. The molecule has 0 saturated heterocycles. The first-order chi connectivity index (χ1) is 28.8. The van der Waals surface area contributed by atoms with Crippen molar-refractivity contribution in [3.05, 3.63) is 146 Å². The molecule has 0 radical (unpaired) electrons. The van der Waals surface area contributed by atoms with Crippen LogP contribution in [0.5, 0.6) is 69.0 Å². The fourth-order valence-electron chi connectivity index (χ4n) is 5.06. The van der Waals surface area contributed by atoms with Crippen molar-refractivity contribution in [1.82, 2.24) is 4.86 Å². The van der Waals surface area contributed by atoms with Crippen molar-refractivity contribution in [2.45, 2.75) is 0 Å². The Bertz CT molecular complexity index is 2060. The van der Waals surface area contributed by atoms with Crippen molar-refractivity contribution in [2.75, 3.05) is 42.7 Å². The fourth-order valence-corrected chi connectivity index (χ4v) is 11.4. The van der Waals surface area contributed by atoms with E-state index in [4.69, 9.17) is 60.1 Å². The van der Waals surface area contributed by atoms with E-state index in [2.05, 4.69) is 4.86 Å². The standard InChI is InChI=1S/C42H45N2O12P3/c1-45-31-7-19-37(20-8-31)51-57(52-38-21-9-32(46-2)10-22-38)43-59(55-41-27-15-35(49-5)16-28-41,56-42-29-17-36(50-6)18-30-42)44-58(53-39-23-11-33(47-3)12-24-39)54-40-25-13-34(48-4)14-26-40/h7-30,43,58-59H,1-6H3. The SMILES string of the molecule is COc1ccc(OP(N[PH](N=[PH](Oc2ccc(OC)cc2)Oc2ccc(OC)cc2)(Oc2ccc(OC)cc2)Oc2ccc(OC)cc2)Oc2ccc(OC)cc2)cc1. The molecule has 0 unspecified atom stereocenters. The predicted octanol–water partition coefficient (Wildman–Crippen LogP) is 11.0. The fraction of sp³-hybridized carbons (Fsp3) is 0.143. The molecule has 0 aliphatic rings. The maximum atomic E-state index is 6.91. The molecule has 0 spiro atoms. The van der Waals surface area contributed by atoms with Crippen LogP contribution in [0.15, 0.2) is 150 Å². The Morgan fingerprint density at radius 3 is 0.864 bits per heavy atom. The number of hydrogen-bond acceptors (Lipinski definition) is 14. The number of nitrogens with one attached hydrogen (secondary N) is 1. The van der Waals surface area contributed by atoms with E-state index in [1.165, 1.54) is 0 Å². The molecule has 0 saturated carbocycles. The van der Waals surface area contributed by atoms with E-state index in [0.717, 1.165) is 0 Å². The minimum absolute atomic E-state index is 0.390. The number of benzene rings is 6. The van der Waals surface area contributed by atoms with Crippen LogP contribution >= 0.6 is 24.7 Å². The zero-order valence-corrected chi connectivity index (χ0v) is 36.0. The van der Waals surface area contributed by atoms with Crippen molar-refractivity contribution < 1.29 is 55.6 Å². The van der Waals surface area contributed by atoms with Gasteiger partial charge in [-0.05, 0) is 0 Å². The number of ether oxygens (including phenoxy) is 6. The molecule has 1 N–H and O–H groups in total. The summed E-state index contributed by atoms with van der Waals surface area (Å²) in [5.74, 6) is 6.45. The van der Waals surface area contributed by atoms with Gasteiger partial charge in [-0.2, -0.15) is 0 Å². The van der Waals surface area contributed by atoms with Gasteiger partial charge in [0.05, 0.1) is 0 Å². The molecule has 0 amide bonds. The summed E-state index contributed by atoms with van der Waals surface area (Å²) in [6.07, 6.45) is 0. The van der Waals surface area contributed by atoms with Crippen molar-refractivity contribution in [1.29, 1.82) is 0 Å². The van der Waals surface area contributed by atoms with Crippen LogP contribution in [0.4, 0.5) is 0 Å². The summed E-state index contributed by atoms with van der Waals surface area (Å²) in [4.78, 5) is 3.46. The molecule has 6 aromatic carbocycles. The third kappa shape index (κ3) is 12.5. The van der Waals surface area contributed by atoms with Crippen molar-refractivity contribution in [3.8, 4) is 69.0 Å². The first kappa shape index (κ1) is 42.6. The Morgan fingerprint density at radius 1 is 0.356 bits per heavy atom. The first-order valence-corrected chi connectivity index (χ1v) is 22.1. The summed E-state index contributed by atoms with van der Waals surface area (Å²) in [7, 11) is 0.152. The maximum absolute atomic E-state index is 6.91. The van der Waals surface area contributed by atoms with Crippen LogP contribution in [0.25, 0.3) is 0 Å². The molecule has 0 fully saturated rings. The molecule has 0 aromatic heterocycles. The van der Waals surface area contributed by atoms with Gasteiger partial charge in [0.2, 0.25) is 0 Å². The first-order valence-electron chi connectivity index (χ1n) is 17.9. The molecule has 0 aliphatic carbocycles. The van der Waals surface area contributed by atoms with E-state index in [-0.39, 0.29) is 0 Å². The van der Waals surface area contributed by atoms with Gasteiger partial charge in [0.15, 0.2) is 0 Å². The summed E-state index contributed by atoms with van der Waals surface area (Å²) in [5, 5.41) is 0. The van der Waals surface area contributed by atoms with E-state index >= 15 is 0 Å². The third-order valence-electron chi connectivity index (χ3n) is 8.13. The predicted molar refractivity (Wildman–Crippen MR) is 231 cm³/mol. The molecule has 0 bridgehead atoms. The van der Waals surface area contributed by atoms with Crippen LogP contribution < -0.4 is 60.4 Å². The van der Waals surface area contributed by atoms with Gasteiger partial charge in [-0.15, -0.1) is 0 Å². The van der Waals surface area contributed by atoms with Gasteiger partial charge >= 0.3 is 347 Å². The van der Waals surface area contributed by atoms with Gasteiger partial charge in [0.25, 0.3) is 0 Å². The number of methoxy groups -OCH3 is 6. The van der Waals surface area contributed by atoms with Crippen LogP contribution in [0, 0.1) is 0 Å². The van der Waals surface area contributed by atoms with Crippen molar-refractivity contribution in [2.24, 2.45) is 4.52 Å². The molecule has 0 atom stereocenters. The Balaban J connectivity index is 1.53. The summed E-state index contributed by atoms with van der Waals surface area (Å²) in [6.45, 7) is 0. The van der Waals surface area contributed by atoms with Crippen LogP contribution in [-0.4, -0.2) is 42.7 Å². The normalized spacial score (nSPS) is 11.2. The second kappa shape index (κ2) is 21.1. The quantitative estimate of drug-likeness (QED) is 0.0688. The Morgan fingerprint density at radius 2 is 0.593 bits per heavy atom. The zero-order valence-electron chi connectivity index (χ0n) is 33.1. The molecule has 14 nitrogen and oxygen atoms in total. The number of hydrogen-bond donors (Lipinski definition) is 1. The van der Waals surface area contributed by atoms with E-state index in [0.29, 0.717) is 69.0 Å². The average Bonchev–Trinajstić information content (AvgIpc) is 3.28. The molecule has 310 valence electrons. The second-order valence-electron chi connectivity index (χ2n) is 12.0. The van der Waals surface area contributed by atoms with Gasteiger partial charge in [-0.3, -0.25) is 0 Å². The van der Waals surface area contributed by atoms with Crippen LogP contribution in [0.1, 0.15) is 0 Å². The van der Waals surface area contributed by atoms with Gasteiger partial charge in [0, 0.05) is 0 Å². The van der Waals surface area contributed by atoms with Gasteiger partial charge in [0.1, 0.15) is 0 Å². The number of nitrogens with zero attached hydrogens (tertiary/aromatic N) is 1. The minimum atomic E-state index is -4.38. The Kier molecular flexibility index (Phi) is 15.2. The monoisotopic (exact) mass is 862 g/mol. The average molecular weight is 863 g/mol. The summed E-state index contributed by atoms with van der Waals surface area (Å²) in [6, 6.07) is 42.3. The third-order valence-corrected chi connectivity index (χ3v) is 14.5. The molecule has 0 heterocycles. The van der Waals surface area contributed by atoms with Crippen LogP contribution in [-0.2, 0) is 0 Å². The zero-order chi connectivity index (χ0) is 41.5. The molecule has 6 aromatic rings. The topological polar surface area (TPSA) is 135 Å². The van der Waals surface area contributed by atoms with Gasteiger partial charge in [-0.25, -0.2) is 0 Å². The molecule has 17 heteroatoms. The molecule has 59 heavy (non-hydrogen) atoms. The summed E-state index contributed by atoms with van der Waals surface area (Å²) < 4.78 is 77.8. The van der Waals surface area contributed by atoms with Crippen LogP contribution in [0.3, 0.4) is 0 Å². The molecular formula is C42H45N2O12P3. The van der Waals surface area contributed by atoms with Crippen LogP contribution in [0.2, 0.25) is 0 Å². The molecule has 6 rings (SSSR count). The van der Waals surface area contributed by atoms with Gasteiger partial charge < -0.3 is 0 Å². The second-order valence-corrected chi connectivity index (χ2v) is 17.2. The van der Waals surface area contributed by atoms with E-state index in [1.54, 1.807) is 188 Å². The Labute approximate surface area is 345 Å². The van der Waals surface area contributed by atoms with E-state index in [1.807, 2.05) is 0 Å². The molecule has 0 aliphatic heterocycles. The summed E-state index contributed by atoms with van der Waals surface area (Å²) in [5.41, 5.74) is 0. The van der Waals surface area contributed by atoms with Gasteiger partial charge in [-0.1, -0.05) is 0 Å².